The number of amides is 1. The molecule has 2 aliphatic rings. The molecule has 21 heavy (non-hydrogen) atoms. The van der Waals surface area contributed by atoms with Crippen molar-refractivity contribution in [2.45, 2.75) is 25.4 Å². The number of furan rings is 1. The summed E-state index contributed by atoms with van der Waals surface area (Å²) in [6.07, 6.45) is 6.13. The third-order valence-electron chi connectivity index (χ3n) is 4.79. The largest absolute Gasteiger partial charge is 0.472 e. The summed E-state index contributed by atoms with van der Waals surface area (Å²) in [4.78, 5) is 18.5. The topological polar surface area (TPSA) is 39.9 Å². The van der Waals surface area contributed by atoms with Crippen molar-refractivity contribution in [1.82, 2.24) is 14.7 Å². The van der Waals surface area contributed by atoms with Crippen molar-refractivity contribution in [3.05, 3.63) is 24.2 Å². The van der Waals surface area contributed by atoms with Gasteiger partial charge in [0.05, 0.1) is 19.1 Å². The highest BCUT2D eigenvalue weighted by Crippen LogP contribution is 2.31. The molecule has 5 heteroatoms. The molecule has 2 saturated heterocycles. The first-order chi connectivity index (χ1) is 10.1. The highest BCUT2D eigenvalue weighted by Gasteiger charge is 2.39. The summed E-state index contributed by atoms with van der Waals surface area (Å²) >= 11 is 0. The molecule has 1 aromatic heterocycles. The standard InChI is InChI=1S/C16H25N3O2/c1-17(2)16(20)11-18-9-14-4-3-6-19(15(14)10-18)8-13-5-7-21-12-13/h5,7,12,14-15H,3-4,6,8-11H2,1-2H3/t14-,15+/m1/s1. The van der Waals surface area contributed by atoms with Crippen molar-refractivity contribution < 1.29 is 9.21 Å². The average molecular weight is 291 g/mol. The SMILES string of the molecule is CN(C)C(=O)CN1C[C@H]2CCCN(Cc3ccoc3)[C@H]2C1. The van der Waals surface area contributed by atoms with Gasteiger partial charge < -0.3 is 9.32 Å². The van der Waals surface area contributed by atoms with E-state index in [0.717, 1.165) is 26.2 Å². The molecule has 0 aromatic carbocycles. The summed E-state index contributed by atoms with van der Waals surface area (Å²) < 4.78 is 5.18. The van der Waals surface area contributed by atoms with E-state index >= 15 is 0 Å². The predicted molar refractivity (Wildman–Crippen MR) is 80.8 cm³/mol. The van der Waals surface area contributed by atoms with Gasteiger partial charge in [0.2, 0.25) is 5.91 Å². The number of hydrogen-bond acceptors (Lipinski definition) is 4. The molecule has 3 rings (SSSR count). The second-order valence-electron chi connectivity index (χ2n) is 6.55. The Bertz CT molecular complexity index is 472. The van der Waals surface area contributed by atoms with Crippen molar-refractivity contribution >= 4 is 5.91 Å². The minimum atomic E-state index is 0.204. The molecule has 0 bridgehead atoms. The Balaban J connectivity index is 1.61. The number of rotatable bonds is 4. The summed E-state index contributed by atoms with van der Waals surface area (Å²) in [7, 11) is 3.66. The molecule has 2 atom stereocenters. The molecule has 0 aliphatic carbocycles. The van der Waals surface area contributed by atoms with Crippen LogP contribution in [0.15, 0.2) is 23.0 Å². The Labute approximate surface area is 126 Å². The van der Waals surface area contributed by atoms with E-state index in [2.05, 4.69) is 9.80 Å². The van der Waals surface area contributed by atoms with E-state index in [-0.39, 0.29) is 5.91 Å². The minimum Gasteiger partial charge on any atom is -0.472 e. The fourth-order valence-corrected chi connectivity index (χ4v) is 3.64. The number of likely N-dealkylation sites (N-methyl/N-ethyl adjacent to an activating group) is 1. The van der Waals surface area contributed by atoms with E-state index in [1.54, 1.807) is 11.2 Å². The smallest absolute Gasteiger partial charge is 0.236 e. The van der Waals surface area contributed by atoms with Crippen LogP contribution >= 0.6 is 0 Å². The number of carbonyl (C=O) groups is 1. The zero-order chi connectivity index (χ0) is 14.8. The van der Waals surface area contributed by atoms with Gasteiger partial charge in [-0.25, -0.2) is 0 Å². The molecule has 0 spiro atoms. The maximum absolute atomic E-state index is 11.9. The fourth-order valence-electron chi connectivity index (χ4n) is 3.64. The lowest BCUT2D eigenvalue weighted by molar-refractivity contribution is -0.129. The quantitative estimate of drug-likeness (QED) is 0.837. The maximum Gasteiger partial charge on any atom is 0.236 e. The van der Waals surface area contributed by atoms with Crippen molar-refractivity contribution in [3.63, 3.8) is 0 Å². The van der Waals surface area contributed by atoms with Gasteiger partial charge in [-0.2, -0.15) is 0 Å². The van der Waals surface area contributed by atoms with Gasteiger partial charge in [0.15, 0.2) is 0 Å². The molecule has 1 aromatic rings. The minimum absolute atomic E-state index is 0.204. The molecule has 1 amide bonds. The van der Waals surface area contributed by atoms with Crippen LogP contribution < -0.4 is 0 Å². The van der Waals surface area contributed by atoms with Gasteiger partial charge in [-0.3, -0.25) is 14.6 Å². The van der Waals surface area contributed by atoms with E-state index in [1.807, 2.05) is 26.4 Å². The van der Waals surface area contributed by atoms with Crippen LogP contribution in [-0.2, 0) is 11.3 Å². The monoisotopic (exact) mass is 291 g/mol. The lowest BCUT2D eigenvalue weighted by Gasteiger charge is -2.36. The fraction of sp³-hybridized carbons (Fsp3) is 0.688. The Morgan fingerprint density at radius 2 is 2.29 bits per heavy atom. The Morgan fingerprint density at radius 1 is 1.43 bits per heavy atom. The number of carbonyl (C=O) groups excluding carboxylic acids is 1. The van der Waals surface area contributed by atoms with E-state index < -0.39 is 0 Å². The first-order valence-electron chi connectivity index (χ1n) is 7.81. The van der Waals surface area contributed by atoms with E-state index in [4.69, 9.17) is 4.42 Å². The van der Waals surface area contributed by atoms with Crippen LogP contribution in [0.2, 0.25) is 0 Å². The number of fused-ring (bicyclic) bond motifs is 1. The van der Waals surface area contributed by atoms with Crippen LogP contribution in [0, 0.1) is 5.92 Å². The summed E-state index contributed by atoms with van der Waals surface area (Å²) in [5, 5.41) is 0. The zero-order valence-electron chi connectivity index (χ0n) is 13.0. The summed E-state index contributed by atoms with van der Waals surface area (Å²) in [6, 6.07) is 2.63. The molecule has 0 N–H and O–H groups in total. The third kappa shape index (κ3) is 3.30. The molecule has 3 heterocycles. The second-order valence-corrected chi connectivity index (χ2v) is 6.55. The van der Waals surface area contributed by atoms with Crippen LogP contribution in [0.4, 0.5) is 0 Å². The molecule has 2 fully saturated rings. The van der Waals surface area contributed by atoms with Crippen LogP contribution in [0.5, 0.6) is 0 Å². The molecule has 0 unspecified atom stereocenters. The Hall–Kier alpha value is -1.33. The van der Waals surface area contributed by atoms with Crippen molar-refractivity contribution in [3.8, 4) is 0 Å². The summed E-state index contributed by atoms with van der Waals surface area (Å²) in [5.74, 6) is 0.913. The number of hydrogen-bond donors (Lipinski definition) is 0. The number of nitrogens with zero attached hydrogens (tertiary/aromatic N) is 3. The van der Waals surface area contributed by atoms with E-state index in [0.29, 0.717) is 18.5 Å². The molecule has 116 valence electrons. The van der Waals surface area contributed by atoms with Gasteiger partial charge in [-0.1, -0.05) is 0 Å². The predicted octanol–water partition coefficient (Wildman–Crippen LogP) is 1.26. The first-order valence-corrected chi connectivity index (χ1v) is 7.81. The lowest BCUT2D eigenvalue weighted by atomic mass is 9.92. The zero-order valence-corrected chi connectivity index (χ0v) is 13.0. The first kappa shape index (κ1) is 14.6. The molecule has 2 aliphatic heterocycles. The van der Waals surface area contributed by atoms with E-state index in [9.17, 15) is 4.79 Å². The van der Waals surface area contributed by atoms with Gasteiger partial charge in [-0.05, 0) is 31.4 Å². The molecular formula is C16H25N3O2. The molecule has 0 saturated carbocycles. The highest BCUT2D eigenvalue weighted by molar-refractivity contribution is 5.77. The van der Waals surface area contributed by atoms with Crippen molar-refractivity contribution in [2.75, 3.05) is 40.3 Å². The van der Waals surface area contributed by atoms with Crippen LogP contribution in [0.3, 0.4) is 0 Å². The number of piperidine rings is 1. The van der Waals surface area contributed by atoms with Crippen LogP contribution in [-0.4, -0.2) is 66.9 Å². The van der Waals surface area contributed by atoms with Gasteiger partial charge >= 0.3 is 0 Å². The summed E-state index contributed by atoms with van der Waals surface area (Å²) in [6.45, 7) is 4.75. The lowest BCUT2D eigenvalue weighted by Crippen LogP contribution is -2.44. The molecule has 0 radical (unpaired) electrons. The second kappa shape index (κ2) is 6.20. The third-order valence-corrected chi connectivity index (χ3v) is 4.79. The molecule has 5 nitrogen and oxygen atoms in total. The number of likely N-dealkylation sites (tertiary alicyclic amines) is 2. The van der Waals surface area contributed by atoms with Crippen molar-refractivity contribution in [1.29, 1.82) is 0 Å². The van der Waals surface area contributed by atoms with E-state index in [1.165, 1.54) is 18.4 Å². The average Bonchev–Trinajstić information content (AvgIpc) is 3.08. The Kier molecular flexibility index (Phi) is 4.31. The maximum atomic E-state index is 11.9. The van der Waals surface area contributed by atoms with Gasteiger partial charge in [0.1, 0.15) is 0 Å². The summed E-state index contributed by atoms with van der Waals surface area (Å²) in [5.41, 5.74) is 1.25. The van der Waals surface area contributed by atoms with Gasteiger partial charge in [0, 0.05) is 45.3 Å². The highest BCUT2D eigenvalue weighted by atomic mass is 16.3. The van der Waals surface area contributed by atoms with Crippen molar-refractivity contribution in [2.24, 2.45) is 5.92 Å². The normalized spacial score (nSPS) is 26.8. The Morgan fingerprint density at radius 3 is 3.00 bits per heavy atom. The van der Waals surface area contributed by atoms with Gasteiger partial charge in [0.25, 0.3) is 0 Å². The van der Waals surface area contributed by atoms with Crippen LogP contribution in [0.25, 0.3) is 0 Å². The van der Waals surface area contributed by atoms with Crippen LogP contribution in [0.1, 0.15) is 18.4 Å². The molecular weight excluding hydrogens is 266 g/mol. The van der Waals surface area contributed by atoms with Gasteiger partial charge in [-0.15, -0.1) is 0 Å².